The third-order valence-corrected chi connectivity index (χ3v) is 12.0. The number of esters is 1. The number of hydrogen-bond acceptors (Lipinski definition) is 5. The first-order valence-electron chi connectivity index (χ1n) is 26.2. The molecule has 0 bridgehead atoms. The highest BCUT2D eigenvalue weighted by molar-refractivity contribution is 5.77. The van der Waals surface area contributed by atoms with E-state index in [0.717, 1.165) is 70.6 Å². The Bertz CT molecular complexity index is 993. The minimum atomic E-state index is -0.791. The van der Waals surface area contributed by atoms with E-state index in [1.165, 1.54) is 154 Å². The molecule has 0 saturated heterocycles. The van der Waals surface area contributed by atoms with Crippen molar-refractivity contribution in [1.82, 2.24) is 5.32 Å². The summed E-state index contributed by atoms with van der Waals surface area (Å²) in [5, 5.41) is 23.7. The van der Waals surface area contributed by atoms with Crippen LogP contribution in [0.5, 0.6) is 0 Å². The van der Waals surface area contributed by atoms with Gasteiger partial charge in [0.15, 0.2) is 0 Å². The summed E-state index contributed by atoms with van der Waals surface area (Å²) < 4.78 is 5.93. The van der Waals surface area contributed by atoms with Gasteiger partial charge in [-0.25, -0.2) is 0 Å². The van der Waals surface area contributed by atoms with E-state index in [4.69, 9.17) is 4.74 Å². The smallest absolute Gasteiger partial charge is 0.306 e. The lowest BCUT2D eigenvalue weighted by molar-refractivity contribution is -0.151. The maximum Gasteiger partial charge on any atom is 0.306 e. The first-order valence-corrected chi connectivity index (χ1v) is 26.2. The topological polar surface area (TPSA) is 95.9 Å². The van der Waals surface area contributed by atoms with Crippen LogP contribution in [0, 0.1) is 0 Å². The Morgan fingerprint density at radius 1 is 0.483 bits per heavy atom. The molecule has 0 aromatic rings. The average Bonchev–Trinajstić information content (AvgIpc) is 3.24. The van der Waals surface area contributed by atoms with Crippen LogP contribution in [0.15, 0.2) is 36.5 Å². The molecule has 3 unspecified atom stereocenters. The SMILES string of the molecule is CCCCC/C=C/C=C/CCCCCCCCC(=O)OC(CCCCC/C=C/CCCCCCCCCCC)CC(=O)NC(CO)C(O)CCCCCCCCCCCC. The summed E-state index contributed by atoms with van der Waals surface area (Å²) in [5.74, 6) is -0.494. The molecule has 0 spiro atoms. The zero-order valence-corrected chi connectivity index (χ0v) is 40.1. The first-order chi connectivity index (χ1) is 29.5. The van der Waals surface area contributed by atoms with Gasteiger partial charge in [0.2, 0.25) is 5.91 Å². The van der Waals surface area contributed by atoms with Gasteiger partial charge in [-0.15, -0.1) is 0 Å². The molecule has 0 aromatic heterocycles. The minimum absolute atomic E-state index is 0.0644. The fourth-order valence-corrected chi connectivity index (χ4v) is 7.95. The lowest BCUT2D eigenvalue weighted by Crippen LogP contribution is -2.46. The maximum absolute atomic E-state index is 13.2. The third-order valence-electron chi connectivity index (χ3n) is 12.0. The molecular formula is C54H101NO5. The van der Waals surface area contributed by atoms with Crippen molar-refractivity contribution in [3.8, 4) is 0 Å². The van der Waals surface area contributed by atoms with Crippen LogP contribution in [0.1, 0.15) is 271 Å². The Hall–Kier alpha value is -1.92. The molecule has 0 aliphatic heterocycles. The molecule has 6 heteroatoms. The van der Waals surface area contributed by atoms with Gasteiger partial charge in [0.1, 0.15) is 6.10 Å². The molecule has 0 aliphatic carbocycles. The fraction of sp³-hybridized carbons (Fsp3) is 0.852. The first kappa shape index (κ1) is 58.1. The van der Waals surface area contributed by atoms with Crippen molar-refractivity contribution in [2.24, 2.45) is 0 Å². The van der Waals surface area contributed by atoms with Gasteiger partial charge in [-0.1, -0.05) is 218 Å². The lowest BCUT2D eigenvalue weighted by atomic mass is 10.0. The van der Waals surface area contributed by atoms with Crippen molar-refractivity contribution in [3.05, 3.63) is 36.5 Å². The summed E-state index contributed by atoms with van der Waals surface area (Å²) in [6, 6.07) is -0.706. The fourth-order valence-electron chi connectivity index (χ4n) is 7.95. The van der Waals surface area contributed by atoms with E-state index in [-0.39, 0.29) is 24.9 Å². The number of hydrogen-bond donors (Lipinski definition) is 3. The van der Waals surface area contributed by atoms with Crippen LogP contribution in [0.25, 0.3) is 0 Å². The van der Waals surface area contributed by atoms with Crippen molar-refractivity contribution in [1.29, 1.82) is 0 Å². The van der Waals surface area contributed by atoms with Crippen LogP contribution in [-0.2, 0) is 14.3 Å². The number of aliphatic hydroxyl groups is 2. The summed E-state index contributed by atoms with van der Waals surface area (Å²) in [4.78, 5) is 26.1. The molecule has 60 heavy (non-hydrogen) atoms. The van der Waals surface area contributed by atoms with E-state index in [1.54, 1.807) is 0 Å². The minimum Gasteiger partial charge on any atom is -0.462 e. The van der Waals surface area contributed by atoms with E-state index in [2.05, 4.69) is 62.5 Å². The van der Waals surface area contributed by atoms with Crippen molar-refractivity contribution < 1.29 is 24.5 Å². The molecule has 6 nitrogen and oxygen atoms in total. The number of allylic oxidation sites excluding steroid dienone is 6. The van der Waals surface area contributed by atoms with Crippen LogP contribution in [-0.4, -0.2) is 46.9 Å². The number of ether oxygens (including phenoxy) is 1. The van der Waals surface area contributed by atoms with Crippen LogP contribution >= 0.6 is 0 Å². The monoisotopic (exact) mass is 844 g/mol. The Labute approximate surface area is 373 Å². The quantitative estimate of drug-likeness (QED) is 0.0245. The summed E-state index contributed by atoms with van der Waals surface area (Å²) in [6.45, 7) is 6.45. The highest BCUT2D eigenvalue weighted by atomic mass is 16.5. The van der Waals surface area contributed by atoms with Gasteiger partial charge >= 0.3 is 5.97 Å². The Balaban J connectivity index is 4.61. The molecule has 0 rings (SSSR count). The van der Waals surface area contributed by atoms with E-state index in [9.17, 15) is 19.8 Å². The van der Waals surface area contributed by atoms with Crippen LogP contribution in [0.4, 0.5) is 0 Å². The van der Waals surface area contributed by atoms with Crippen molar-refractivity contribution in [2.75, 3.05) is 6.61 Å². The molecule has 0 aliphatic rings. The van der Waals surface area contributed by atoms with Crippen molar-refractivity contribution >= 4 is 11.9 Å². The summed E-state index contributed by atoms with van der Waals surface area (Å²) >= 11 is 0. The number of carbonyl (C=O) groups is 2. The molecule has 3 atom stereocenters. The zero-order valence-electron chi connectivity index (χ0n) is 40.1. The molecule has 352 valence electrons. The van der Waals surface area contributed by atoms with Crippen molar-refractivity contribution in [2.45, 2.75) is 289 Å². The number of aliphatic hydroxyl groups excluding tert-OH is 2. The van der Waals surface area contributed by atoms with Gasteiger partial charge in [0, 0.05) is 6.42 Å². The van der Waals surface area contributed by atoms with E-state index in [1.807, 2.05) is 0 Å². The Morgan fingerprint density at radius 3 is 1.33 bits per heavy atom. The summed E-state index contributed by atoms with van der Waals surface area (Å²) in [6.07, 6.45) is 56.3. The molecule has 1 amide bonds. The largest absolute Gasteiger partial charge is 0.462 e. The predicted octanol–water partition coefficient (Wildman–Crippen LogP) is 15.7. The molecular weight excluding hydrogens is 743 g/mol. The second-order valence-corrected chi connectivity index (χ2v) is 17.9. The molecule has 0 fully saturated rings. The molecule has 0 aromatic carbocycles. The van der Waals surface area contributed by atoms with Gasteiger partial charge in [-0.05, 0) is 77.0 Å². The molecule has 0 saturated carbocycles. The second-order valence-electron chi connectivity index (χ2n) is 17.9. The second kappa shape index (κ2) is 48.1. The van der Waals surface area contributed by atoms with Gasteiger partial charge in [0.25, 0.3) is 0 Å². The molecule has 3 N–H and O–H groups in total. The van der Waals surface area contributed by atoms with E-state index in [0.29, 0.717) is 19.3 Å². The van der Waals surface area contributed by atoms with Gasteiger partial charge in [-0.3, -0.25) is 9.59 Å². The maximum atomic E-state index is 13.2. The number of amides is 1. The highest BCUT2D eigenvalue weighted by Crippen LogP contribution is 2.17. The van der Waals surface area contributed by atoms with Gasteiger partial charge < -0.3 is 20.3 Å². The van der Waals surface area contributed by atoms with E-state index < -0.39 is 18.2 Å². The van der Waals surface area contributed by atoms with E-state index >= 15 is 0 Å². The number of rotatable bonds is 47. The standard InChI is InChI=1S/C54H101NO5/c1-4-7-10-13-16-19-22-24-26-28-29-31-33-36-39-42-45-50(60-54(59)47-44-41-38-35-32-30-27-25-23-20-17-14-11-8-5-2)48-53(58)55-51(49-56)52(57)46-43-40-37-34-21-18-15-12-9-6-3/h17,20,23,25,29,31,50-52,56-57H,4-16,18-19,21-22,24,26-28,30,32-49H2,1-3H3,(H,55,58)/b20-17+,25-23+,31-29+. The predicted molar refractivity (Wildman–Crippen MR) is 259 cm³/mol. The zero-order chi connectivity index (χ0) is 43.8. The van der Waals surface area contributed by atoms with Gasteiger partial charge in [0.05, 0.1) is 25.2 Å². The Morgan fingerprint density at radius 2 is 0.850 bits per heavy atom. The normalized spacial score (nSPS) is 13.5. The number of carbonyl (C=O) groups excluding carboxylic acids is 2. The van der Waals surface area contributed by atoms with Gasteiger partial charge in [-0.2, -0.15) is 0 Å². The molecule has 0 radical (unpaired) electrons. The van der Waals surface area contributed by atoms with Crippen molar-refractivity contribution in [3.63, 3.8) is 0 Å². The van der Waals surface area contributed by atoms with Crippen LogP contribution in [0.2, 0.25) is 0 Å². The van der Waals surface area contributed by atoms with Crippen LogP contribution in [0.3, 0.4) is 0 Å². The summed E-state index contributed by atoms with van der Waals surface area (Å²) in [7, 11) is 0. The third kappa shape index (κ3) is 42.8. The lowest BCUT2D eigenvalue weighted by Gasteiger charge is -2.24. The molecule has 0 heterocycles. The van der Waals surface area contributed by atoms with Crippen LogP contribution < -0.4 is 5.32 Å². The average molecular weight is 844 g/mol. The number of unbranched alkanes of at least 4 members (excludes halogenated alkanes) is 30. The summed E-state index contributed by atoms with van der Waals surface area (Å²) in [5.41, 5.74) is 0. The number of nitrogens with one attached hydrogen (secondary N) is 1. The Kier molecular flexibility index (Phi) is 46.6. The highest BCUT2D eigenvalue weighted by Gasteiger charge is 2.24.